The van der Waals surface area contributed by atoms with Crippen LogP contribution >= 0.6 is 0 Å². The highest BCUT2D eigenvalue weighted by molar-refractivity contribution is 6.14. The fourth-order valence-electron chi connectivity index (χ4n) is 3.25. The van der Waals surface area contributed by atoms with Crippen molar-refractivity contribution in [2.24, 2.45) is 4.99 Å². The Balaban J connectivity index is 1.87. The number of nitrogens with one attached hydrogen (secondary N) is 1. The Morgan fingerprint density at radius 1 is 0.833 bits per heavy atom. The first-order valence-corrected chi connectivity index (χ1v) is 8.39. The van der Waals surface area contributed by atoms with E-state index in [9.17, 15) is 0 Å². The van der Waals surface area contributed by atoms with Gasteiger partial charge in [-0.15, -0.1) is 0 Å². The molecule has 1 unspecified atom stereocenters. The Morgan fingerprint density at radius 3 is 2.08 bits per heavy atom. The summed E-state index contributed by atoms with van der Waals surface area (Å²) in [4.78, 5) is 5.06. The zero-order chi connectivity index (χ0) is 16.4. The van der Waals surface area contributed by atoms with Gasteiger partial charge in [0.15, 0.2) is 0 Å². The van der Waals surface area contributed by atoms with Crippen molar-refractivity contribution in [3.8, 4) is 0 Å². The summed E-state index contributed by atoms with van der Waals surface area (Å²) in [5.41, 5.74) is 6.81. The molecule has 0 saturated heterocycles. The molecular formula is C22H20N2. The first-order valence-electron chi connectivity index (χ1n) is 8.39. The van der Waals surface area contributed by atoms with Crippen LogP contribution in [0.15, 0.2) is 83.9 Å². The third-order valence-corrected chi connectivity index (χ3v) is 4.37. The molecule has 3 aromatic carbocycles. The lowest BCUT2D eigenvalue weighted by atomic mass is 10.0. The first-order chi connectivity index (χ1) is 11.8. The molecule has 2 nitrogen and oxygen atoms in total. The largest absolute Gasteiger partial charge is 0.380 e. The van der Waals surface area contributed by atoms with Crippen LogP contribution in [-0.2, 0) is 6.42 Å². The summed E-state index contributed by atoms with van der Waals surface area (Å²) >= 11 is 0. The summed E-state index contributed by atoms with van der Waals surface area (Å²) in [5.74, 6) is 0. The van der Waals surface area contributed by atoms with Crippen LogP contribution in [0.25, 0.3) is 0 Å². The average Bonchev–Trinajstić information content (AvgIpc) is 3.02. The molecule has 0 amide bonds. The Morgan fingerprint density at radius 2 is 1.46 bits per heavy atom. The quantitative estimate of drug-likeness (QED) is 0.659. The van der Waals surface area contributed by atoms with E-state index in [4.69, 9.17) is 4.99 Å². The number of para-hydroxylation sites is 1. The second-order valence-electron chi connectivity index (χ2n) is 6.25. The van der Waals surface area contributed by atoms with Crippen molar-refractivity contribution in [1.82, 2.24) is 0 Å². The summed E-state index contributed by atoms with van der Waals surface area (Å²) in [6.07, 6.45) is 1.06. The molecule has 118 valence electrons. The molecule has 0 spiro atoms. The van der Waals surface area contributed by atoms with Gasteiger partial charge in [-0.1, -0.05) is 72.8 Å². The second-order valence-corrected chi connectivity index (χ2v) is 6.25. The van der Waals surface area contributed by atoms with Gasteiger partial charge in [-0.25, -0.2) is 4.99 Å². The lowest BCUT2D eigenvalue weighted by Crippen LogP contribution is -2.08. The van der Waals surface area contributed by atoms with Crippen LogP contribution in [0, 0.1) is 0 Å². The zero-order valence-corrected chi connectivity index (χ0v) is 13.7. The fourth-order valence-corrected chi connectivity index (χ4v) is 3.25. The van der Waals surface area contributed by atoms with E-state index in [1.807, 2.05) is 12.1 Å². The third-order valence-electron chi connectivity index (χ3n) is 4.37. The Hall–Kier alpha value is -2.87. The second kappa shape index (κ2) is 6.32. The molecule has 0 aromatic heterocycles. The maximum Gasteiger partial charge on any atom is 0.0871 e. The summed E-state index contributed by atoms with van der Waals surface area (Å²) in [6, 6.07) is 27.6. The van der Waals surface area contributed by atoms with Gasteiger partial charge in [-0.3, -0.25) is 0 Å². The molecule has 0 bridgehead atoms. The van der Waals surface area contributed by atoms with Gasteiger partial charge in [0.25, 0.3) is 0 Å². The van der Waals surface area contributed by atoms with Crippen LogP contribution in [0.5, 0.6) is 0 Å². The van der Waals surface area contributed by atoms with Gasteiger partial charge >= 0.3 is 0 Å². The summed E-state index contributed by atoms with van der Waals surface area (Å²) < 4.78 is 0. The number of aliphatic imine (C=N–C) groups is 1. The molecule has 0 radical (unpaired) electrons. The topological polar surface area (TPSA) is 24.4 Å². The smallest absolute Gasteiger partial charge is 0.0871 e. The number of hydrogen-bond donors (Lipinski definition) is 1. The predicted octanol–water partition coefficient (Wildman–Crippen LogP) is 5.21. The highest BCUT2D eigenvalue weighted by Gasteiger charge is 2.19. The van der Waals surface area contributed by atoms with Gasteiger partial charge in [0.05, 0.1) is 17.1 Å². The molecule has 1 heterocycles. The van der Waals surface area contributed by atoms with Crippen molar-refractivity contribution < 1.29 is 0 Å². The minimum Gasteiger partial charge on any atom is -0.380 e. The van der Waals surface area contributed by atoms with E-state index >= 15 is 0 Å². The normalized spacial score (nSPS) is 15.5. The third kappa shape index (κ3) is 2.83. The molecule has 2 heteroatoms. The monoisotopic (exact) mass is 312 g/mol. The van der Waals surface area contributed by atoms with Crippen molar-refractivity contribution in [3.05, 3.63) is 95.6 Å². The average molecular weight is 312 g/mol. The first kappa shape index (κ1) is 14.7. The van der Waals surface area contributed by atoms with Gasteiger partial charge in [0.2, 0.25) is 0 Å². The number of hydrogen-bond acceptors (Lipinski definition) is 2. The van der Waals surface area contributed by atoms with Crippen molar-refractivity contribution in [3.63, 3.8) is 0 Å². The fraction of sp³-hybridized carbons (Fsp3) is 0.136. The van der Waals surface area contributed by atoms with E-state index in [1.54, 1.807) is 0 Å². The molecule has 0 saturated carbocycles. The molecule has 3 aromatic rings. The SMILES string of the molecule is CC1Cc2cccc(N=C(c3ccccc3)c3ccccc3)c2N1. The number of nitrogens with zero attached hydrogens (tertiary/aromatic N) is 1. The molecule has 1 aliphatic heterocycles. The molecule has 1 atom stereocenters. The molecular weight excluding hydrogens is 292 g/mol. The zero-order valence-electron chi connectivity index (χ0n) is 13.7. The van der Waals surface area contributed by atoms with Gasteiger partial charge in [0, 0.05) is 17.2 Å². The van der Waals surface area contributed by atoms with Gasteiger partial charge in [0.1, 0.15) is 0 Å². The lowest BCUT2D eigenvalue weighted by molar-refractivity contribution is 0.839. The molecule has 0 fully saturated rings. The maximum atomic E-state index is 5.06. The van der Waals surface area contributed by atoms with Crippen LogP contribution < -0.4 is 5.32 Å². The summed E-state index contributed by atoms with van der Waals surface area (Å²) in [6.45, 7) is 2.21. The minimum atomic E-state index is 0.466. The lowest BCUT2D eigenvalue weighted by Gasteiger charge is -2.11. The highest BCUT2D eigenvalue weighted by atomic mass is 15.0. The van der Waals surface area contributed by atoms with Gasteiger partial charge in [-0.05, 0) is 25.0 Å². The predicted molar refractivity (Wildman–Crippen MR) is 101 cm³/mol. The number of anilines is 1. The Labute approximate surface area is 142 Å². The molecule has 1 N–H and O–H groups in total. The summed E-state index contributed by atoms with van der Waals surface area (Å²) in [7, 11) is 0. The van der Waals surface area contributed by atoms with Crippen LogP contribution in [-0.4, -0.2) is 11.8 Å². The van der Waals surface area contributed by atoms with Crippen LogP contribution in [0.4, 0.5) is 11.4 Å². The van der Waals surface area contributed by atoms with E-state index in [-0.39, 0.29) is 0 Å². The van der Waals surface area contributed by atoms with Crippen molar-refractivity contribution in [1.29, 1.82) is 0 Å². The molecule has 0 aliphatic carbocycles. The van der Waals surface area contributed by atoms with E-state index in [0.29, 0.717) is 6.04 Å². The summed E-state index contributed by atoms with van der Waals surface area (Å²) in [5, 5.41) is 3.57. The van der Waals surface area contributed by atoms with Gasteiger partial charge in [-0.2, -0.15) is 0 Å². The van der Waals surface area contributed by atoms with Gasteiger partial charge < -0.3 is 5.32 Å². The van der Waals surface area contributed by atoms with E-state index in [1.165, 1.54) is 11.3 Å². The standard InChI is InChI=1S/C22H20N2/c1-16-15-19-13-8-14-20(22(19)23-16)24-21(17-9-4-2-5-10-17)18-11-6-3-7-12-18/h2-14,16,23H,15H2,1H3. The minimum absolute atomic E-state index is 0.466. The van der Waals surface area contributed by atoms with E-state index in [0.717, 1.165) is 28.9 Å². The Kier molecular flexibility index (Phi) is 3.87. The Bertz CT molecular complexity index is 825. The molecule has 1 aliphatic rings. The number of rotatable bonds is 3. The number of fused-ring (bicyclic) bond motifs is 1. The number of benzene rings is 3. The maximum absolute atomic E-state index is 5.06. The van der Waals surface area contributed by atoms with Crippen molar-refractivity contribution >= 4 is 17.1 Å². The van der Waals surface area contributed by atoms with Crippen molar-refractivity contribution in [2.45, 2.75) is 19.4 Å². The van der Waals surface area contributed by atoms with Crippen LogP contribution in [0.1, 0.15) is 23.6 Å². The van der Waals surface area contributed by atoms with E-state index < -0.39 is 0 Å². The van der Waals surface area contributed by atoms with Crippen molar-refractivity contribution in [2.75, 3.05) is 5.32 Å². The molecule has 24 heavy (non-hydrogen) atoms. The van der Waals surface area contributed by atoms with Crippen LogP contribution in [0.2, 0.25) is 0 Å². The van der Waals surface area contributed by atoms with E-state index in [2.05, 4.69) is 79.0 Å². The highest BCUT2D eigenvalue weighted by Crippen LogP contribution is 2.35. The van der Waals surface area contributed by atoms with Crippen LogP contribution in [0.3, 0.4) is 0 Å². The molecule has 4 rings (SSSR count).